The Bertz CT molecular complexity index is 1030. The van der Waals surface area contributed by atoms with E-state index in [9.17, 15) is 14.7 Å². The van der Waals surface area contributed by atoms with E-state index in [-0.39, 0.29) is 17.2 Å². The number of hydrogen-bond donors (Lipinski definition) is 2. The van der Waals surface area contributed by atoms with Crippen molar-refractivity contribution in [1.29, 1.82) is 0 Å². The lowest BCUT2D eigenvalue weighted by Gasteiger charge is -2.54. The van der Waals surface area contributed by atoms with Crippen molar-refractivity contribution in [2.45, 2.75) is 83.6 Å². The first kappa shape index (κ1) is 23.5. The molecule has 4 atom stereocenters. The van der Waals surface area contributed by atoms with Crippen LogP contribution >= 0.6 is 0 Å². The summed E-state index contributed by atoms with van der Waals surface area (Å²) in [6, 6.07) is 15.5. The molecule has 4 rings (SSSR count). The summed E-state index contributed by atoms with van der Waals surface area (Å²) in [5.41, 5.74) is 4.46. The second kappa shape index (κ2) is 8.96. The molecule has 0 aliphatic heterocycles. The largest absolute Gasteiger partial charge is 0.480 e. The number of aliphatic carboxylic acids is 1. The molecular weight excluding hydrogens is 410 g/mol. The zero-order valence-electron chi connectivity index (χ0n) is 20.4. The van der Waals surface area contributed by atoms with Crippen molar-refractivity contribution in [3.8, 4) is 0 Å². The third-order valence-corrected chi connectivity index (χ3v) is 8.45. The van der Waals surface area contributed by atoms with Crippen LogP contribution in [0.25, 0.3) is 0 Å². The van der Waals surface area contributed by atoms with Gasteiger partial charge >= 0.3 is 5.97 Å². The van der Waals surface area contributed by atoms with Crippen LogP contribution in [0.3, 0.4) is 0 Å². The number of carbonyl (C=O) groups excluding carboxylic acids is 1. The maximum Gasteiger partial charge on any atom is 0.326 e. The number of rotatable bonds is 6. The van der Waals surface area contributed by atoms with Gasteiger partial charge in [-0.1, -0.05) is 82.6 Å². The molecule has 2 aliphatic carbocycles. The molecule has 0 heterocycles. The van der Waals surface area contributed by atoms with Crippen molar-refractivity contribution in [1.82, 2.24) is 5.32 Å². The van der Waals surface area contributed by atoms with E-state index in [0.29, 0.717) is 12.3 Å². The summed E-state index contributed by atoms with van der Waals surface area (Å²) in [7, 11) is 0. The predicted octanol–water partition coefficient (Wildman–Crippen LogP) is 5.63. The van der Waals surface area contributed by atoms with Crippen LogP contribution < -0.4 is 5.32 Å². The number of carbonyl (C=O) groups is 2. The number of amides is 1. The molecule has 1 fully saturated rings. The van der Waals surface area contributed by atoms with Gasteiger partial charge in [-0.3, -0.25) is 4.79 Å². The van der Waals surface area contributed by atoms with Crippen molar-refractivity contribution in [2.75, 3.05) is 0 Å². The van der Waals surface area contributed by atoms with Gasteiger partial charge in [-0.2, -0.15) is 0 Å². The molecule has 0 radical (unpaired) electrons. The third kappa shape index (κ3) is 4.32. The van der Waals surface area contributed by atoms with Crippen LogP contribution in [0, 0.1) is 11.3 Å². The average molecular weight is 448 g/mol. The maximum atomic E-state index is 13.7. The van der Waals surface area contributed by atoms with E-state index < -0.39 is 17.4 Å². The van der Waals surface area contributed by atoms with Crippen LogP contribution in [0.2, 0.25) is 0 Å². The maximum absolute atomic E-state index is 13.7. The topological polar surface area (TPSA) is 66.4 Å². The normalized spacial score (nSPS) is 27.4. The minimum Gasteiger partial charge on any atom is -0.480 e. The molecule has 0 spiro atoms. The fourth-order valence-electron chi connectivity index (χ4n) is 6.52. The Hall–Kier alpha value is -2.62. The quantitative estimate of drug-likeness (QED) is 0.603. The van der Waals surface area contributed by atoms with Gasteiger partial charge in [0, 0.05) is 6.42 Å². The SMILES string of the molecule is CC(C)c1ccc2c(c1)CC[C@H]1[C@](C)(C(=O)N[C@@H](Cc3ccccc3)C(=O)O)CCC[C@]21C. The first-order valence-electron chi connectivity index (χ1n) is 12.4. The molecule has 4 nitrogen and oxygen atoms in total. The number of carboxylic acid groups (broad SMARTS) is 1. The van der Waals surface area contributed by atoms with Crippen molar-refractivity contribution < 1.29 is 14.7 Å². The Morgan fingerprint density at radius 3 is 2.48 bits per heavy atom. The summed E-state index contributed by atoms with van der Waals surface area (Å²) in [6.07, 6.45) is 5.08. The van der Waals surface area contributed by atoms with Crippen LogP contribution in [0.4, 0.5) is 0 Å². The monoisotopic (exact) mass is 447 g/mol. The Labute approximate surface area is 197 Å². The van der Waals surface area contributed by atoms with Gasteiger partial charge in [0.25, 0.3) is 0 Å². The van der Waals surface area contributed by atoms with E-state index in [4.69, 9.17) is 0 Å². The molecule has 2 aromatic rings. The highest BCUT2D eigenvalue weighted by Gasteiger charge is 2.55. The average Bonchev–Trinajstić information content (AvgIpc) is 2.78. The minimum atomic E-state index is -0.982. The number of nitrogens with one attached hydrogen (secondary N) is 1. The second-order valence-electron chi connectivity index (χ2n) is 10.9. The van der Waals surface area contributed by atoms with Crippen LogP contribution in [0.15, 0.2) is 48.5 Å². The molecule has 0 bridgehead atoms. The Morgan fingerprint density at radius 2 is 1.82 bits per heavy atom. The van der Waals surface area contributed by atoms with Crippen LogP contribution in [0.5, 0.6) is 0 Å². The summed E-state index contributed by atoms with van der Waals surface area (Å²) in [4.78, 5) is 25.7. The van der Waals surface area contributed by atoms with Gasteiger partial charge in [0.15, 0.2) is 0 Å². The first-order valence-corrected chi connectivity index (χ1v) is 12.4. The second-order valence-corrected chi connectivity index (χ2v) is 10.9. The van der Waals surface area contributed by atoms with Crippen molar-refractivity contribution >= 4 is 11.9 Å². The van der Waals surface area contributed by atoms with Gasteiger partial charge in [-0.25, -0.2) is 4.79 Å². The molecule has 0 unspecified atom stereocenters. The number of aryl methyl sites for hydroxylation is 1. The van der Waals surface area contributed by atoms with Gasteiger partial charge < -0.3 is 10.4 Å². The molecule has 1 amide bonds. The van der Waals surface area contributed by atoms with Gasteiger partial charge in [0.2, 0.25) is 5.91 Å². The van der Waals surface area contributed by atoms with Crippen LogP contribution in [-0.4, -0.2) is 23.0 Å². The van der Waals surface area contributed by atoms with E-state index in [1.165, 1.54) is 16.7 Å². The fourth-order valence-corrected chi connectivity index (χ4v) is 6.52. The number of hydrogen-bond acceptors (Lipinski definition) is 2. The predicted molar refractivity (Wildman–Crippen MR) is 131 cm³/mol. The summed E-state index contributed by atoms with van der Waals surface area (Å²) in [5, 5.41) is 12.8. The summed E-state index contributed by atoms with van der Waals surface area (Å²) in [6.45, 7) is 8.85. The zero-order chi connectivity index (χ0) is 23.8. The molecule has 0 aromatic heterocycles. The molecule has 0 saturated heterocycles. The minimum absolute atomic E-state index is 0.0639. The van der Waals surface area contributed by atoms with Gasteiger partial charge in [0.05, 0.1) is 5.41 Å². The lowest BCUT2D eigenvalue weighted by Crippen LogP contribution is -2.57. The molecule has 33 heavy (non-hydrogen) atoms. The molecule has 2 aliphatic rings. The van der Waals surface area contributed by atoms with Crippen LogP contribution in [0.1, 0.15) is 81.5 Å². The Kier molecular flexibility index (Phi) is 6.39. The summed E-state index contributed by atoms with van der Waals surface area (Å²) in [5.74, 6) is -0.392. The Morgan fingerprint density at radius 1 is 1.09 bits per heavy atom. The Balaban J connectivity index is 1.60. The summed E-state index contributed by atoms with van der Waals surface area (Å²) >= 11 is 0. The fraction of sp³-hybridized carbons (Fsp3) is 0.517. The number of fused-ring (bicyclic) bond motifs is 3. The van der Waals surface area contributed by atoms with Crippen molar-refractivity contribution in [3.63, 3.8) is 0 Å². The van der Waals surface area contributed by atoms with Gasteiger partial charge in [-0.15, -0.1) is 0 Å². The van der Waals surface area contributed by atoms with Crippen molar-refractivity contribution in [2.24, 2.45) is 11.3 Å². The molecule has 2 aromatic carbocycles. The van der Waals surface area contributed by atoms with Crippen molar-refractivity contribution in [3.05, 3.63) is 70.8 Å². The number of benzene rings is 2. The molecule has 176 valence electrons. The van der Waals surface area contributed by atoms with E-state index in [1.807, 2.05) is 30.3 Å². The lowest BCUT2D eigenvalue weighted by atomic mass is 9.49. The number of carboxylic acids is 1. The smallest absolute Gasteiger partial charge is 0.326 e. The highest BCUT2D eigenvalue weighted by atomic mass is 16.4. The lowest BCUT2D eigenvalue weighted by molar-refractivity contribution is -0.147. The highest BCUT2D eigenvalue weighted by molar-refractivity contribution is 5.88. The van der Waals surface area contributed by atoms with E-state index >= 15 is 0 Å². The third-order valence-electron chi connectivity index (χ3n) is 8.45. The van der Waals surface area contributed by atoms with Gasteiger partial charge in [-0.05, 0) is 65.2 Å². The molecule has 2 N–H and O–H groups in total. The zero-order valence-corrected chi connectivity index (χ0v) is 20.4. The van der Waals surface area contributed by atoms with Gasteiger partial charge in [0.1, 0.15) is 6.04 Å². The van der Waals surface area contributed by atoms with E-state index in [1.54, 1.807) is 0 Å². The standard InChI is InChI=1S/C29H37NO3/c1-19(2)21-11-13-23-22(18-21)12-14-25-28(23,3)15-8-16-29(25,4)27(33)30-24(26(31)32)17-20-9-6-5-7-10-20/h5-7,9-11,13,18-19,24-25H,8,12,14-17H2,1-4H3,(H,30,33)(H,31,32)/t24-,25+,28+,29+/m0/s1. The summed E-state index contributed by atoms with van der Waals surface area (Å²) < 4.78 is 0. The van der Waals surface area contributed by atoms with E-state index in [2.05, 4.69) is 51.2 Å². The van der Waals surface area contributed by atoms with E-state index in [0.717, 1.165) is 37.7 Å². The molecule has 4 heteroatoms. The highest BCUT2D eigenvalue weighted by Crippen LogP contribution is 2.57. The molecule has 1 saturated carbocycles. The first-order chi connectivity index (χ1) is 15.6. The molecular formula is C29H37NO3. The van der Waals surface area contributed by atoms with Crippen LogP contribution in [-0.2, 0) is 27.8 Å².